The van der Waals surface area contributed by atoms with Crippen LogP contribution in [0.25, 0.3) is 10.9 Å². The molecular weight excluding hydrogens is 747 g/mol. The van der Waals surface area contributed by atoms with E-state index in [2.05, 4.69) is 31.6 Å². The molecule has 5 aromatic rings. The lowest BCUT2D eigenvalue weighted by molar-refractivity contribution is -0.137. The zero-order chi connectivity index (χ0) is 38.9. The highest BCUT2D eigenvalue weighted by Crippen LogP contribution is 2.31. The van der Waals surface area contributed by atoms with Crippen molar-refractivity contribution in [3.05, 3.63) is 135 Å². The van der Waals surface area contributed by atoms with E-state index in [9.17, 15) is 23.2 Å². The molecule has 1 aliphatic heterocycles. The highest BCUT2D eigenvalue weighted by Gasteiger charge is 2.28. The number of halogens is 4. The third-order valence-corrected chi connectivity index (χ3v) is 10.3. The predicted octanol–water partition coefficient (Wildman–Crippen LogP) is 6.71. The number of urea groups is 1. The van der Waals surface area contributed by atoms with Gasteiger partial charge < -0.3 is 31.2 Å². The molecule has 1 fully saturated rings. The van der Waals surface area contributed by atoms with Crippen LogP contribution in [-0.2, 0) is 35.6 Å². The molecule has 4 amide bonds. The molecule has 55 heavy (non-hydrogen) atoms. The Morgan fingerprint density at radius 2 is 1.60 bits per heavy atom. The van der Waals surface area contributed by atoms with E-state index in [1.165, 1.54) is 11.0 Å². The first-order valence-electron chi connectivity index (χ1n) is 18.2. The van der Waals surface area contributed by atoms with Crippen molar-refractivity contribution in [3.8, 4) is 0 Å². The first-order valence-corrected chi connectivity index (χ1v) is 18.9. The Morgan fingerprint density at radius 3 is 2.31 bits per heavy atom. The van der Waals surface area contributed by atoms with Crippen molar-refractivity contribution in [1.82, 2.24) is 25.0 Å². The average molecular weight is 791 g/mol. The number of hydrogen-bond acceptors (Lipinski definition) is 5. The van der Waals surface area contributed by atoms with Crippen molar-refractivity contribution in [2.45, 2.75) is 44.9 Å². The summed E-state index contributed by atoms with van der Waals surface area (Å²) in [7, 11) is 0. The molecule has 4 aromatic carbocycles. The highest BCUT2D eigenvalue weighted by atomic mass is 35.5. The number of fused-ring (bicyclic) bond motifs is 1. The van der Waals surface area contributed by atoms with Crippen LogP contribution < -0.4 is 21.7 Å². The fourth-order valence-electron chi connectivity index (χ4n) is 6.83. The largest absolute Gasteiger partial charge is 0.350 e. The summed E-state index contributed by atoms with van der Waals surface area (Å²) in [5.74, 6) is -3.18. The summed E-state index contributed by atoms with van der Waals surface area (Å²) in [5, 5.41) is 10.4. The van der Waals surface area contributed by atoms with Crippen molar-refractivity contribution in [2.75, 3.05) is 38.0 Å². The summed E-state index contributed by atoms with van der Waals surface area (Å²) < 4.78 is 30.1. The number of likely N-dealkylation sites (tertiary alicyclic amines) is 1. The summed E-state index contributed by atoms with van der Waals surface area (Å²) in [6, 6.07) is 21.5. The third-order valence-electron chi connectivity index (χ3n) is 9.61. The smallest absolute Gasteiger partial charge is 0.319 e. The van der Waals surface area contributed by atoms with Gasteiger partial charge in [0.15, 0.2) is 11.6 Å². The summed E-state index contributed by atoms with van der Waals surface area (Å²) in [4.78, 5) is 44.3. The number of hydrogen-bond donors (Lipinski definition) is 4. The van der Waals surface area contributed by atoms with Crippen LogP contribution in [0.3, 0.4) is 0 Å². The quantitative estimate of drug-likeness (QED) is 0.0940. The average Bonchev–Trinajstić information content (AvgIpc) is 3.81. The molecular formula is C41H43Cl2F2N7O3. The van der Waals surface area contributed by atoms with Gasteiger partial charge in [0, 0.05) is 65.5 Å². The third kappa shape index (κ3) is 10.4. The predicted molar refractivity (Wildman–Crippen MR) is 212 cm³/mol. The number of anilines is 1. The molecule has 2 heterocycles. The Bertz CT molecular complexity index is 2120. The van der Waals surface area contributed by atoms with E-state index in [1.807, 2.05) is 42.5 Å². The molecule has 0 radical (unpaired) electrons. The number of nitrogens with two attached hydrogens (primary N) is 1. The summed E-state index contributed by atoms with van der Waals surface area (Å²) >= 11 is 13.1. The molecule has 1 atom stereocenters. The second kappa shape index (κ2) is 18.5. The van der Waals surface area contributed by atoms with Gasteiger partial charge in [0.1, 0.15) is 6.04 Å². The van der Waals surface area contributed by atoms with Gasteiger partial charge >= 0.3 is 6.03 Å². The molecule has 0 aliphatic carbocycles. The van der Waals surface area contributed by atoms with E-state index in [-0.39, 0.29) is 38.2 Å². The summed E-state index contributed by atoms with van der Waals surface area (Å²) in [6.45, 7) is 3.18. The molecule has 10 nitrogen and oxygen atoms in total. The van der Waals surface area contributed by atoms with Gasteiger partial charge in [0.2, 0.25) is 11.8 Å². The van der Waals surface area contributed by atoms with Gasteiger partial charge in [-0.15, -0.1) is 0 Å². The summed E-state index contributed by atoms with van der Waals surface area (Å²) in [5.41, 5.74) is 10.2. The number of benzene rings is 4. The van der Waals surface area contributed by atoms with Crippen LogP contribution in [0, 0.1) is 11.6 Å². The van der Waals surface area contributed by atoms with Crippen LogP contribution in [0.2, 0.25) is 10.0 Å². The normalized spacial score (nSPS) is 13.5. The minimum atomic E-state index is -1.26. The fraction of sp³-hybridized carbons (Fsp3) is 0.293. The lowest BCUT2D eigenvalue weighted by Crippen LogP contribution is -2.53. The number of nitrogens with zero attached hydrogens (tertiary/aromatic N) is 3. The molecule has 5 N–H and O–H groups in total. The Morgan fingerprint density at radius 1 is 0.855 bits per heavy atom. The Labute approximate surface area is 328 Å². The van der Waals surface area contributed by atoms with E-state index < -0.39 is 35.5 Å². The fourth-order valence-corrected chi connectivity index (χ4v) is 7.35. The number of rotatable bonds is 15. The van der Waals surface area contributed by atoms with Crippen LogP contribution in [-0.4, -0.2) is 71.0 Å². The molecule has 1 aromatic heterocycles. The Kier molecular flexibility index (Phi) is 13.4. The van der Waals surface area contributed by atoms with E-state index in [1.54, 1.807) is 24.3 Å². The van der Waals surface area contributed by atoms with Crippen molar-refractivity contribution in [3.63, 3.8) is 0 Å². The molecule has 0 spiro atoms. The number of carbonyl (C=O) groups is 3. The van der Waals surface area contributed by atoms with Crippen molar-refractivity contribution in [2.24, 2.45) is 5.73 Å². The van der Waals surface area contributed by atoms with Gasteiger partial charge in [-0.05, 0) is 79.0 Å². The molecule has 6 rings (SSSR count). The van der Waals surface area contributed by atoms with Crippen LogP contribution in [0.15, 0.2) is 91.1 Å². The molecule has 1 aliphatic rings. The molecule has 0 saturated carbocycles. The standard InChI is InChI=1S/C41H43Cl2F2N7O3/c42-33-9-6-10-34(43)32(33)25-52-24-29(23-50-16-4-5-17-50)31-13-12-30(21-38(31)52)48-41(55)49-37(20-28-11-14-35(44)36(45)19-28)40(54)51(18-15-46)26-39(53)47-22-27-7-2-1-3-8-27/h1-3,6-14,19,21,24,37H,4-5,15-18,20,22-23,25-26,46H2,(H,47,53)(H2,48,49,55)/t37-/m0/s1. The van der Waals surface area contributed by atoms with Crippen molar-refractivity contribution < 1.29 is 23.2 Å². The molecule has 288 valence electrons. The van der Waals surface area contributed by atoms with Crippen LogP contribution >= 0.6 is 23.2 Å². The first-order chi connectivity index (χ1) is 26.6. The van der Waals surface area contributed by atoms with Crippen molar-refractivity contribution >= 4 is 57.6 Å². The molecule has 0 bridgehead atoms. The van der Waals surface area contributed by atoms with Gasteiger partial charge in [-0.25, -0.2) is 13.6 Å². The molecule has 1 saturated heterocycles. The topological polar surface area (TPSA) is 125 Å². The molecule has 0 unspecified atom stereocenters. The SMILES string of the molecule is NCCN(CC(=O)NCc1ccccc1)C(=O)[C@H](Cc1ccc(F)c(F)c1)NC(=O)Nc1ccc2c(CN3CCCC3)cn(Cc3c(Cl)cccc3Cl)c2c1. The monoisotopic (exact) mass is 789 g/mol. The van der Waals surface area contributed by atoms with E-state index in [4.69, 9.17) is 28.9 Å². The van der Waals surface area contributed by atoms with E-state index in [0.717, 1.165) is 72.2 Å². The highest BCUT2D eigenvalue weighted by molar-refractivity contribution is 6.36. The lowest BCUT2D eigenvalue weighted by Gasteiger charge is -2.27. The van der Waals surface area contributed by atoms with Crippen molar-refractivity contribution in [1.29, 1.82) is 0 Å². The van der Waals surface area contributed by atoms with Gasteiger partial charge in [0.25, 0.3) is 0 Å². The zero-order valence-corrected chi connectivity index (χ0v) is 31.7. The Balaban J connectivity index is 1.23. The number of amides is 4. The van der Waals surface area contributed by atoms with Crippen LogP contribution in [0.5, 0.6) is 0 Å². The van der Waals surface area contributed by atoms with E-state index >= 15 is 0 Å². The van der Waals surface area contributed by atoms with Gasteiger partial charge in [-0.2, -0.15) is 0 Å². The zero-order valence-electron chi connectivity index (χ0n) is 30.2. The van der Waals surface area contributed by atoms with Gasteiger partial charge in [0.05, 0.1) is 18.6 Å². The summed E-state index contributed by atoms with van der Waals surface area (Å²) in [6.07, 6.45) is 4.21. The second-order valence-electron chi connectivity index (χ2n) is 13.6. The second-order valence-corrected chi connectivity index (χ2v) is 14.4. The van der Waals surface area contributed by atoms with E-state index in [0.29, 0.717) is 22.3 Å². The maximum Gasteiger partial charge on any atom is 0.319 e. The van der Waals surface area contributed by atoms with Gasteiger partial charge in [-0.1, -0.05) is 71.7 Å². The number of carbonyl (C=O) groups excluding carboxylic acids is 3. The minimum Gasteiger partial charge on any atom is -0.350 e. The maximum atomic E-state index is 14.3. The van der Waals surface area contributed by atoms with Crippen LogP contribution in [0.1, 0.15) is 35.1 Å². The number of aromatic nitrogens is 1. The molecule has 14 heteroatoms. The first kappa shape index (κ1) is 39.7. The van der Waals surface area contributed by atoms with Gasteiger partial charge in [-0.3, -0.25) is 14.5 Å². The number of nitrogens with one attached hydrogen (secondary N) is 3. The Hall–Kier alpha value is -5.01. The van der Waals surface area contributed by atoms with Crippen LogP contribution in [0.4, 0.5) is 19.3 Å². The lowest BCUT2D eigenvalue weighted by atomic mass is 10.0. The minimum absolute atomic E-state index is 0.0119. The maximum absolute atomic E-state index is 14.3.